The van der Waals surface area contributed by atoms with Gasteiger partial charge in [-0.2, -0.15) is 4.98 Å². The first kappa shape index (κ1) is 16.6. The molecule has 1 aromatic heterocycles. The van der Waals surface area contributed by atoms with Gasteiger partial charge in [-0.25, -0.2) is 17.8 Å². The summed E-state index contributed by atoms with van der Waals surface area (Å²) in [6.45, 7) is 0.477. The number of hydrogen-bond acceptors (Lipinski definition) is 6. The van der Waals surface area contributed by atoms with E-state index in [0.29, 0.717) is 24.7 Å². The van der Waals surface area contributed by atoms with Crippen LogP contribution in [0.1, 0.15) is 12.0 Å². The molecule has 1 unspecified atom stereocenters. The summed E-state index contributed by atoms with van der Waals surface area (Å²) in [7, 11) is -1.09. The highest BCUT2D eigenvalue weighted by atomic mass is 32.2. The molecule has 8 heteroatoms. The molecule has 0 radical (unpaired) electrons. The molecule has 1 aliphatic rings. The van der Waals surface area contributed by atoms with Crippen LogP contribution < -0.4 is 10.2 Å². The largest absolute Gasteiger partial charge is 0.355 e. The van der Waals surface area contributed by atoms with Gasteiger partial charge in [-0.15, -0.1) is 0 Å². The highest BCUT2D eigenvalue weighted by molar-refractivity contribution is 7.91. The number of nitrogens with one attached hydrogen (secondary N) is 1. The highest BCUT2D eigenvalue weighted by Crippen LogP contribution is 2.21. The maximum absolute atomic E-state index is 12.9. The van der Waals surface area contributed by atoms with Gasteiger partial charge in [0.05, 0.1) is 11.5 Å². The summed E-state index contributed by atoms with van der Waals surface area (Å²) in [5, 5.41) is 3.09. The molecule has 0 bridgehead atoms. The Balaban J connectivity index is 1.66. The van der Waals surface area contributed by atoms with Gasteiger partial charge < -0.3 is 10.2 Å². The van der Waals surface area contributed by atoms with Crippen LogP contribution in [0.4, 0.5) is 16.2 Å². The van der Waals surface area contributed by atoms with Crippen molar-refractivity contribution in [3.05, 3.63) is 47.9 Å². The van der Waals surface area contributed by atoms with Crippen LogP contribution in [0.15, 0.2) is 36.5 Å². The van der Waals surface area contributed by atoms with Crippen LogP contribution >= 0.6 is 0 Å². The van der Waals surface area contributed by atoms with Gasteiger partial charge in [0.2, 0.25) is 5.95 Å². The van der Waals surface area contributed by atoms with Crippen LogP contribution in [-0.4, -0.2) is 43.0 Å². The second-order valence-corrected chi connectivity index (χ2v) is 8.11. The number of hydrogen-bond donors (Lipinski definition) is 1. The summed E-state index contributed by atoms with van der Waals surface area (Å²) in [6.07, 6.45) is 2.25. The maximum atomic E-state index is 12.9. The number of rotatable bonds is 5. The van der Waals surface area contributed by atoms with Crippen LogP contribution in [0.25, 0.3) is 0 Å². The van der Waals surface area contributed by atoms with Crippen molar-refractivity contribution in [3.63, 3.8) is 0 Å². The van der Waals surface area contributed by atoms with Crippen molar-refractivity contribution in [2.24, 2.45) is 0 Å². The first-order chi connectivity index (χ1) is 11.4. The Labute approximate surface area is 140 Å². The summed E-state index contributed by atoms with van der Waals surface area (Å²) in [4.78, 5) is 10.5. The Morgan fingerprint density at radius 1 is 1.29 bits per heavy atom. The topological polar surface area (TPSA) is 75.2 Å². The van der Waals surface area contributed by atoms with Gasteiger partial charge in [0.25, 0.3) is 0 Å². The number of benzene rings is 1. The van der Waals surface area contributed by atoms with E-state index < -0.39 is 9.84 Å². The first-order valence-corrected chi connectivity index (χ1v) is 9.50. The Kier molecular flexibility index (Phi) is 4.66. The van der Waals surface area contributed by atoms with Crippen molar-refractivity contribution < 1.29 is 12.8 Å². The van der Waals surface area contributed by atoms with Gasteiger partial charge in [0.15, 0.2) is 9.84 Å². The summed E-state index contributed by atoms with van der Waals surface area (Å²) in [5.41, 5.74) is 0.917. The van der Waals surface area contributed by atoms with Crippen molar-refractivity contribution in [1.82, 2.24) is 9.97 Å². The smallest absolute Gasteiger partial charge is 0.224 e. The Morgan fingerprint density at radius 2 is 2.04 bits per heavy atom. The Bertz CT molecular complexity index is 811. The number of aromatic nitrogens is 2. The average molecular weight is 350 g/mol. The molecule has 1 atom stereocenters. The van der Waals surface area contributed by atoms with Crippen molar-refractivity contribution in [3.8, 4) is 0 Å². The van der Waals surface area contributed by atoms with E-state index in [-0.39, 0.29) is 23.4 Å². The van der Waals surface area contributed by atoms with Crippen LogP contribution in [0, 0.1) is 5.82 Å². The predicted octanol–water partition coefficient (Wildman–Crippen LogP) is 1.85. The van der Waals surface area contributed by atoms with Gasteiger partial charge in [-0.1, -0.05) is 12.1 Å². The maximum Gasteiger partial charge on any atom is 0.224 e. The normalized spacial score (nSPS) is 19.2. The highest BCUT2D eigenvalue weighted by Gasteiger charge is 2.31. The van der Waals surface area contributed by atoms with Crippen molar-refractivity contribution in [2.45, 2.75) is 19.0 Å². The Hall–Kier alpha value is -2.22. The molecule has 0 amide bonds. The quantitative estimate of drug-likeness (QED) is 0.887. The summed E-state index contributed by atoms with van der Waals surface area (Å²) in [5.74, 6) is 1.23. The van der Waals surface area contributed by atoms with E-state index in [1.807, 2.05) is 11.9 Å². The second kappa shape index (κ2) is 6.72. The molecular weight excluding hydrogens is 331 g/mol. The molecule has 1 aromatic carbocycles. The summed E-state index contributed by atoms with van der Waals surface area (Å²) < 4.78 is 36.2. The molecule has 0 spiro atoms. The van der Waals surface area contributed by atoms with E-state index in [2.05, 4.69) is 15.3 Å². The monoisotopic (exact) mass is 350 g/mol. The van der Waals surface area contributed by atoms with E-state index in [1.54, 1.807) is 24.4 Å². The molecule has 2 aromatic rings. The molecule has 3 rings (SSSR count). The summed E-state index contributed by atoms with van der Waals surface area (Å²) >= 11 is 0. The van der Waals surface area contributed by atoms with E-state index in [9.17, 15) is 12.8 Å². The molecule has 128 valence electrons. The molecule has 24 heavy (non-hydrogen) atoms. The third-order valence-corrected chi connectivity index (χ3v) is 5.87. The fraction of sp³-hybridized carbons (Fsp3) is 0.375. The molecular formula is C16H19FN4O2S. The lowest BCUT2D eigenvalue weighted by molar-refractivity contribution is 0.600. The molecule has 1 aliphatic heterocycles. The van der Waals surface area contributed by atoms with Crippen LogP contribution in [0.2, 0.25) is 0 Å². The van der Waals surface area contributed by atoms with E-state index in [4.69, 9.17) is 0 Å². The number of anilines is 2. The van der Waals surface area contributed by atoms with Gasteiger partial charge >= 0.3 is 0 Å². The van der Waals surface area contributed by atoms with Crippen LogP contribution in [0.3, 0.4) is 0 Å². The number of halogens is 1. The Morgan fingerprint density at radius 3 is 2.71 bits per heavy atom. The molecule has 1 N–H and O–H groups in total. The third-order valence-electron chi connectivity index (χ3n) is 4.12. The van der Waals surface area contributed by atoms with E-state index in [0.717, 1.165) is 5.56 Å². The van der Waals surface area contributed by atoms with Crippen molar-refractivity contribution in [1.29, 1.82) is 0 Å². The minimum Gasteiger partial charge on any atom is -0.355 e. The van der Waals surface area contributed by atoms with Crippen LogP contribution in [-0.2, 0) is 16.4 Å². The lowest BCUT2D eigenvalue weighted by Crippen LogP contribution is -2.33. The molecule has 1 fully saturated rings. The fourth-order valence-electron chi connectivity index (χ4n) is 2.68. The molecule has 2 heterocycles. The molecule has 0 aliphatic carbocycles. The second-order valence-electron chi connectivity index (χ2n) is 5.89. The zero-order valence-corrected chi connectivity index (χ0v) is 14.1. The zero-order chi connectivity index (χ0) is 17.2. The average Bonchev–Trinajstić information content (AvgIpc) is 2.94. The zero-order valence-electron chi connectivity index (χ0n) is 13.3. The number of sulfone groups is 1. The summed E-state index contributed by atoms with van der Waals surface area (Å²) in [6, 6.07) is 7.90. The van der Waals surface area contributed by atoms with Gasteiger partial charge in [0.1, 0.15) is 11.6 Å². The SMILES string of the molecule is CN(c1ccnc(NCc2ccc(F)cc2)n1)C1CCS(=O)(=O)C1. The molecule has 0 saturated carbocycles. The van der Waals surface area contributed by atoms with Crippen molar-refractivity contribution in [2.75, 3.05) is 28.8 Å². The fourth-order valence-corrected chi connectivity index (χ4v) is 4.46. The third kappa shape index (κ3) is 4.00. The predicted molar refractivity (Wildman–Crippen MR) is 91.2 cm³/mol. The van der Waals surface area contributed by atoms with E-state index >= 15 is 0 Å². The first-order valence-electron chi connectivity index (χ1n) is 7.67. The lowest BCUT2D eigenvalue weighted by atomic mass is 10.2. The van der Waals surface area contributed by atoms with Gasteiger partial charge in [-0.3, -0.25) is 0 Å². The number of nitrogens with zero attached hydrogens (tertiary/aromatic N) is 3. The molecule has 6 nitrogen and oxygen atoms in total. The minimum atomic E-state index is -2.94. The van der Waals surface area contributed by atoms with Crippen LogP contribution in [0.5, 0.6) is 0 Å². The molecule has 1 saturated heterocycles. The minimum absolute atomic E-state index is 0.0603. The van der Waals surface area contributed by atoms with Gasteiger partial charge in [-0.05, 0) is 30.2 Å². The lowest BCUT2D eigenvalue weighted by Gasteiger charge is -2.24. The van der Waals surface area contributed by atoms with E-state index in [1.165, 1.54) is 12.1 Å². The van der Waals surface area contributed by atoms with Crippen molar-refractivity contribution >= 4 is 21.6 Å². The standard InChI is InChI=1S/C16H19FN4O2S/c1-21(14-7-9-24(22,23)11-14)15-6-8-18-16(20-15)19-10-12-2-4-13(17)5-3-12/h2-6,8,14H,7,9-11H2,1H3,(H,18,19,20). The van der Waals surface area contributed by atoms with Gasteiger partial charge in [0, 0.05) is 25.8 Å².